The lowest BCUT2D eigenvalue weighted by molar-refractivity contribution is -0.204. The molecule has 15 nitrogen and oxygen atoms in total. The topological polar surface area (TPSA) is 236 Å². The molecule has 388 valence electrons. The predicted molar refractivity (Wildman–Crippen MR) is 293 cm³/mol. The van der Waals surface area contributed by atoms with Crippen LogP contribution in [-0.4, -0.2) is 73.0 Å². The first-order valence-electron chi connectivity index (χ1n) is 23.9. The maximum atomic E-state index is 15.4. The van der Waals surface area contributed by atoms with E-state index in [0.29, 0.717) is 59.0 Å². The SMILES string of the molecule is CCCCSC(=S)SC(C)(CC(CC(C)(C)C(=O)ON1C(=O)CCC1=O)C(=O)NC(C)(C)CS(=O)(=O)O)C(=O)Oc1ccccc1-c1c2cc(-c3ccccc3)c(=N)cc-2oc2cc(N)c(-c3ccccc3)cc12. The first-order valence-corrected chi connectivity index (χ1v) is 27.7. The number of nitrogen functional groups attached to an aromatic ring is 1. The van der Waals surface area contributed by atoms with Crippen LogP contribution in [-0.2, 0) is 38.9 Å². The number of hydroxylamine groups is 2. The molecule has 2 heterocycles. The Morgan fingerprint density at radius 1 is 0.838 bits per heavy atom. The molecule has 0 bridgehead atoms. The minimum absolute atomic E-state index is 0.121. The Morgan fingerprint density at radius 3 is 2.07 bits per heavy atom. The average Bonchev–Trinajstić information content (AvgIpc) is 3.64. The number of amides is 3. The van der Waals surface area contributed by atoms with E-state index in [9.17, 15) is 32.1 Å². The Morgan fingerprint density at radius 2 is 1.45 bits per heavy atom. The molecule has 3 aliphatic rings. The van der Waals surface area contributed by atoms with Crippen molar-refractivity contribution in [3.8, 4) is 50.5 Å². The second-order valence-corrected chi connectivity index (χ2v) is 25.0. The summed E-state index contributed by atoms with van der Waals surface area (Å²) in [5.41, 5.74) is 9.07. The number of rotatable bonds is 19. The van der Waals surface area contributed by atoms with Gasteiger partial charge in [-0.25, -0.2) is 4.79 Å². The van der Waals surface area contributed by atoms with Gasteiger partial charge >= 0.3 is 11.9 Å². The summed E-state index contributed by atoms with van der Waals surface area (Å²) in [6.45, 7) is 9.32. The zero-order valence-electron chi connectivity index (χ0n) is 41.8. The molecule has 4 aromatic carbocycles. The summed E-state index contributed by atoms with van der Waals surface area (Å²) in [5.74, 6) is -5.05. The Hall–Kier alpha value is -6.38. The van der Waals surface area contributed by atoms with Gasteiger partial charge in [-0.1, -0.05) is 116 Å². The van der Waals surface area contributed by atoms with Gasteiger partial charge in [0.2, 0.25) is 5.91 Å². The van der Waals surface area contributed by atoms with Gasteiger partial charge in [-0.2, -0.15) is 8.42 Å². The van der Waals surface area contributed by atoms with Crippen molar-refractivity contribution in [1.82, 2.24) is 10.4 Å². The molecule has 4 aromatic rings. The van der Waals surface area contributed by atoms with Crippen LogP contribution in [0, 0.1) is 16.7 Å². The smallest absolute Gasteiger partial charge is 0.338 e. The van der Waals surface area contributed by atoms with Gasteiger partial charge in [0.15, 0.2) is 0 Å². The third-order valence-electron chi connectivity index (χ3n) is 12.5. The number of thiocarbonyl (C=S) groups is 1. The van der Waals surface area contributed by atoms with Crippen LogP contribution in [0.25, 0.3) is 55.7 Å². The Balaban J connectivity index is 1.36. The minimum Gasteiger partial charge on any atom is -0.456 e. The number of hydrogen-bond acceptors (Lipinski definition) is 15. The van der Waals surface area contributed by atoms with Crippen LogP contribution in [0.2, 0.25) is 0 Å². The third kappa shape index (κ3) is 13.1. The number of ether oxygens (including phenoxy) is 1. The molecule has 7 rings (SSSR count). The van der Waals surface area contributed by atoms with E-state index in [4.69, 9.17) is 37.4 Å². The number of nitrogens with two attached hydrogens (primary N) is 1. The largest absolute Gasteiger partial charge is 0.456 e. The van der Waals surface area contributed by atoms with E-state index in [-0.39, 0.29) is 36.8 Å². The highest BCUT2D eigenvalue weighted by Crippen LogP contribution is 2.48. The molecule has 19 heteroatoms. The van der Waals surface area contributed by atoms with Gasteiger partial charge < -0.3 is 30.5 Å². The number of unbranched alkanes of at least 4 members (excludes halogenated alkanes) is 1. The Labute approximate surface area is 443 Å². The predicted octanol–water partition coefficient (Wildman–Crippen LogP) is 10.6. The number of anilines is 1. The second kappa shape index (κ2) is 22.6. The lowest BCUT2D eigenvalue weighted by atomic mass is 9.78. The van der Waals surface area contributed by atoms with Crippen molar-refractivity contribution in [1.29, 1.82) is 5.41 Å². The summed E-state index contributed by atoms with van der Waals surface area (Å²) < 4.78 is 45.8. The highest BCUT2D eigenvalue weighted by atomic mass is 32.2. The number of esters is 1. The van der Waals surface area contributed by atoms with Crippen LogP contribution < -0.4 is 21.1 Å². The van der Waals surface area contributed by atoms with Crippen molar-refractivity contribution in [3.63, 3.8) is 0 Å². The Bertz CT molecular complexity index is 3270. The summed E-state index contributed by atoms with van der Waals surface area (Å²) in [4.78, 5) is 74.2. The summed E-state index contributed by atoms with van der Waals surface area (Å²) in [6, 6.07) is 33.2. The van der Waals surface area contributed by atoms with Gasteiger partial charge in [-0.3, -0.25) is 23.7 Å². The van der Waals surface area contributed by atoms with E-state index in [0.717, 1.165) is 41.3 Å². The van der Waals surface area contributed by atoms with E-state index in [1.165, 1.54) is 39.5 Å². The van der Waals surface area contributed by atoms with Crippen LogP contribution in [0.15, 0.2) is 114 Å². The molecule has 0 saturated carbocycles. The van der Waals surface area contributed by atoms with Crippen molar-refractivity contribution < 1.29 is 50.9 Å². The number of benzene rings is 5. The van der Waals surface area contributed by atoms with Gasteiger partial charge in [-0.15, -0.1) is 16.8 Å². The highest BCUT2D eigenvalue weighted by molar-refractivity contribution is 8.47. The van der Waals surface area contributed by atoms with Crippen LogP contribution in [0.4, 0.5) is 5.69 Å². The van der Waals surface area contributed by atoms with Crippen LogP contribution in [0.1, 0.15) is 80.1 Å². The van der Waals surface area contributed by atoms with Gasteiger partial charge in [0.1, 0.15) is 25.4 Å². The molecule has 74 heavy (non-hydrogen) atoms. The van der Waals surface area contributed by atoms with Gasteiger partial charge in [-0.05, 0) is 89.0 Å². The normalized spacial score (nSPS) is 14.4. The van der Waals surface area contributed by atoms with Gasteiger partial charge in [0, 0.05) is 69.8 Å². The molecule has 2 unspecified atom stereocenters. The molecule has 3 amide bonds. The monoisotopic (exact) mass is 1080 g/mol. The van der Waals surface area contributed by atoms with E-state index in [1.807, 2.05) is 79.7 Å². The molecule has 2 aliphatic heterocycles. The summed E-state index contributed by atoms with van der Waals surface area (Å²) in [5, 5.41) is 13.0. The van der Waals surface area contributed by atoms with Crippen molar-refractivity contribution in [2.75, 3.05) is 17.2 Å². The number of fused-ring (bicyclic) bond motifs is 2. The molecular formula is C55H58N4O11S4. The van der Waals surface area contributed by atoms with Gasteiger partial charge in [0.05, 0.1) is 22.1 Å². The summed E-state index contributed by atoms with van der Waals surface area (Å²) in [6.07, 6.45) is 0.723. The lowest BCUT2D eigenvalue weighted by Crippen LogP contribution is -2.52. The first-order chi connectivity index (χ1) is 34.9. The number of carbonyl (C=O) groups is 5. The number of hydrogen-bond donors (Lipinski definition) is 4. The van der Waals surface area contributed by atoms with Crippen molar-refractivity contribution >= 4 is 95.7 Å². The number of nitrogens with zero attached hydrogens (tertiary/aromatic N) is 1. The van der Waals surface area contributed by atoms with Crippen LogP contribution in [0.3, 0.4) is 0 Å². The zero-order valence-corrected chi connectivity index (χ0v) is 45.1. The highest BCUT2D eigenvalue weighted by Gasteiger charge is 2.47. The average molecular weight is 1080 g/mol. The van der Waals surface area contributed by atoms with Gasteiger partial charge in [0.25, 0.3) is 21.9 Å². The minimum atomic E-state index is -4.61. The zero-order chi connectivity index (χ0) is 53.8. The molecule has 1 aliphatic carbocycles. The van der Waals surface area contributed by atoms with Crippen molar-refractivity contribution in [2.45, 2.75) is 90.4 Å². The van der Waals surface area contributed by atoms with Crippen molar-refractivity contribution in [2.24, 2.45) is 11.3 Å². The molecule has 0 radical (unpaired) electrons. The van der Waals surface area contributed by atoms with Crippen molar-refractivity contribution in [3.05, 3.63) is 115 Å². The molecular weight excluding hydrogens is 1020 g/mol. The molecule has 0 spiro atoms. The fourth-order valence-corrected chi connectivity index (χ4v) is 13.1. The number of imide groups is 1. The molecule has 1 fully saturated rings. The first kappa shape index (κ1) is 55.4. The Kier molecular flexibility index (Phi) is 16.9. The maximum absolute atomic E-state index is 15.4. The second-order valence-electron chi connectivity index (χ2n) is 19.8. The molecule has 1 saturated heterocycles. The number of carbonyl (C=O) groups excluding carboxylic acids is 5. The number of thioether (sulfide) groups is 2. The molecule has 5 N–H and O–H groups in total. The third-order valence-corrected chi connectivity index (χ3v) is 16.5. The standard InChI is InChI=1S/C55H58N4O11S4/c1-7-8-25-72-52(71)73-55(6,31-35(49(62)58-54(4,5)32-74(65,66)67)30-53(2,3)50(63)70-59-46(60)23-24-47(59)61)51(64)69-43-22-16-15-21-36(43)48-39-26-37(33-17-11-9-12-18-33)41(56)28-44(39)68-45-29-42(57)38(27-40(45)48)34-19-13-10-14-20-34/h9-22,26-29,35,56H,7-8,23-25,30-32,57H2,1-6H3,(H,58,62)(H,65,66,67). The maximum Gasteiger partial charge on any atom is 0.338 e. The molecule has 0 aromatic heterocycles. The van der Waals surface area contributed by atoms with E-state index in [2.05, 4.69) is 5.32 Å². The van der Waals surface area contributed by atoms with Crippen LogP contribution in [0.5, 0.6) is 5.75 Å². The number of nitrogens with one attached hydrogen (secondary N) is 2. The fourth-order valence-electron chi connectivity index (χ4n) is 8.88. The summed E-state index contributed by atoms with van der Waals surface area (Å²) >= 11 is 8.26. The van der Waals surface area contributed by atoms with E-state index >= 15 is 4.79 Å². The van der Waals surface area contributed by atoms with E-state index < -0.39 is 67.1 Å². The molecule has 2 atom stereocenters. The quantitative estimate of drug-likeness (QED) is 0.00863. The number of para-hydroxylation sites is 1. The van der Waals surface area contributed by atoms with Crippen LogP contribution >= 0.6 is 35.7 Å². The lowest BCUT2D eigenvalue weighted by Gasteiger charge is -2.35. The van der Waals surface area contributed by atoms with E-state index in [1.54, 1.807) is 43.3 Å². The fraction of sp³-hybridized carbons (Fsp3) is 0.327. The summed E-state index contributed by atoms with van der Waals surface area (Å²) in [7, 11) is -4.61.